The molecule has 0 amide bonds. The summed E-state index contributed by atoms with van der Waals surface area (Å²) in [5.41, 5.74) is 2.91. The zero-order valence-electron chi connectivity index (χ0n) is 10.8. The van der Waals surface area contributed by atoms with E-state index in [0.717, 1.165) is 19.5 Å². The Labute approximate surface area is 103 Å². The second kappa shape index (κ2) is 5.63. The number of hydrogen-bond donors (Lipinski definition) is 0. The number of fused-ring (bicyclic) bond motifs is 1. The van der Waals surface area contributed by atoms with E-state index in [-0.39, 0.29) is 6.29 Å². The SMILES string of the molecule is COC(CN1CCc2ccccc2C1C)OC. The highest BCUT2D eigenvalue weighted by Crippen LogP contribution is 2.29. The normalized spacial score (nSPS) is 20.6. The number of nitrogens with zero attached hydrogens (tertiary/aromatic N) is 1. The van der Waals surface area contributed by atoms with Crippen molar-refractivity contribution in [2.75, 3.05) is 27.3 Å². The van der Waals surface area contributed by atoms with Crippen molar-refractivity contribution >= 4 is 0 Å². The smallest absolute Gasteiger partial charge is 0.169 e. The molecule has 1 atom stereocenters. The Hall–Kier alpha value is -0.900. The van der Waals surface area contributed by atoms with Crippen molar-refractivity contribution in [3.8, 4) is 0 Å². The fourth-order valence-corrected chi connectivity index (χ4v) is 2.51. The van der Waals surface area contributed by atoms with Gasteiger partial charge in [0, 0.05) is 26.8 Å². The van der Waals surface area contributed by atoms with Crippen LogP contribution in [0.5, 0.6) is 0 Å². The summed E-state index contributed by atoms with van der Waals surface area (Å²) in [7, 11) is 3.38. The maximum atomic E-state index is 5.27. The molecule has 94 valence electrons. The molecule has 3 heteroatoms. The van der Waals surface area contributed by atoms with Crippen LogP contribution in [0, 0.1) is 0 Å². The van der Waals surface area contributed by atoms with E-state index in [1.54, 1.807) is 14.2 Å². The van der Waals surface area contributed by atoms with Crippen LogP contribution in [0.3, 0.4) is 0 Å². The topological polar surface area (TPSA) is 21.7 Å². The maximum absolute atomic E-state index is 5.27. The maximum Gasteiger partial charge on any atom is 0.169 e. The largest absolute Gasteiger partial charge is 0.355 e. The number of methoxy groups -OCH3 is 2. The Kier molecular flexibility index (Phi) is 4.15. The third kappa shape index (κ3) is 2.68. The Morgan fingerprint density at radius 3 is 2.71 bits per heavy atom. The van der Waals surface area contributed by atoms with E-state index in [1.165, 1.54) is 11.1 Å². The molecule has 0 fully saturated rings. The van der Waals surface area contributed by atoms with Gasteiger partial charge in [-0.2, -0.15) is 0 Å². The predicted octanol–water partition coefficient (Wildman–Crippen LogP) is 2.22. The fourth-order valence-electron chi connectivity index (χ4n) is 2.51. The lowest BCUT2D eigenvalue weighted by Gasteiger charge is -2.36. The molecule has 2 rings (SSSR count). The average Bonchev–Trinajstić information content (AvgIpc) is 2.38. The zero-order chi connectivity index (χ0) is 12.3. The van der Waals surface area contributed by atoms with Gasteiger partial charge in [0.05, 0.1) is 6.54 Å². The van der Waals surface area contributed by atoms with E-state index in [1.807, 2.05) is 0 Å². The summed E-state index contributed by atoms with van der Waals surface area (Å²) in [6, 6.07) is 9.12. The minimum Gasteiger partial charge on any atom is -0.355 e. The highest BCUT2D eigenvalue weighted by Gasteiger charge is 2.25. The molecule has 0 saturated carbocycles. The summed E-state index contributed by atoms with van der Waals surface area (Å²) in [6.45, 7) is 4.14. The van der Waals surface area contributed by atoms with Crippen LogP contribution in [-0.4, -0.2) is 38.5 Å². The van der Waals surface area contributed by atoms with Gasteiger partial charge in [-0.25, -0.2) is 0 Å². The van der Waals surface area contributed by atoms with E-state index in [2.05, 4.69) is 36.1 Å². The molecular formula is C14H21NO2. The highest BCUT2D eigenvalue weighted by molar-refractivity contribution is 5.31. The molecule has 0 N–H and O–H groups in total. The summed E-state index contributed by atoms with van der Waals surface area (Å²) < 4.78 is 10.5. The van der Waals surface area contributed by atoms with E-state index >= 15 is 0 Å². The standard InChI is InChI=1S/C14H21NO2/c1-11-13-7-5-4-6-12(13)8-9-15(11)10-14(16-2)17-3/h4-7,11,14H,8-10H2,1-3H3. The Balaban J connectivity index is 2.09. The van der Waals surface area contributed by atoms with Gasteiger partial charge in [-0.3, -0.25) is 4.90 Å². The first-order valence-electron chi connectivity index (χ1n) is 6.13. The van der Waals surface area contributed by atoms with Crippen molar-refractivity contribution in [1.82, 2.24) is 4.90 Å². The van der Waals surface area contributed by atoms with Gasteiger partial charge in [-0.1, -0.05) is 24.3 Å². The monoisotopic (exact) mass is 235 g/mol. The van der Waals surface area contributed by atoms with E-state index in [4.69, 9.17) is 9.47 Å². The summed E-state index contributed by atoms with van der Waals surface area (Å²) in [6.07, 6.45) is 0.975. The molecule has 1 aliphatic rings. The predicted molar refractivity (Wildman–Crippen MR) is 67.9 cm³/mol. The molecule has 1 unspecified atom stereocenters. The molecule has 0 bridgehead atoms. The van der Waals surface area contributed by atoms with Crippen LogP contribution in [-0.2, 0) is 15.9 Å². The lowest BCUT2D eigenvalue weighted by atomic mass is 9.94. The van der Waals surface area contributed by atoms with Crippen LogP contribution < -0.4 is 0 Å². The molecule has 0 aliphatic carbocycles. The van der Waals surface area contributed by atoms with Crippen molar-refractivity contribution < 1.29 is 9.47 Å². The molecule has 17 heavy (non-hydrogen) atoms. The van der Waals surface area contributed by atoms with Gasteiger partial charge in [0.1, 0.15) is 0 Å². The quantitative estimate of drug-likeness (QED) is 0.747. The van der Waals surface area contributed by atoms with Crippen LogP contribution in [0.15, 0.2) is 24.3 Å². The molecule has 3 nitrogen and oxygen atoms in total. The van der Waals surface area contributed by atoms with Crippen LogP contribution >= 0.6 is 0 Å². The molecule has 1 aliphatic heterocycles. The number of ether oxygens (including phenoxy) is 2. The van der Waals surface area contributed by atoms with E-state index in [9.17, 15) is 0 Å². The Bertz CT molecular complexity index is 363. The first kappa shape index (κ1) is 12.6. The fraction of sp³-hybridized carbons (Fsp3) is 0.571. The van der Waals surface area contributed by atoms with Crippen molar-refractivity contribution in [2.45, 2.75) is 25.7 Å². The minimum atomic E-state index is -0.136. The number of benzene rings is 1. The van der Waals surface area contributed by atoms with Crippen molar-refractivity contribution in [2.24, 2.45) is 0 Å². The van der Waals surface area contributed by atoms with Gasteiger partial charge in [0.2, 0.25) is 0 Å². The second-order valence-corrected chi connectivity index (χ2v) is 4.52. The summed E-state index contributed by atoms with van der Waals surface area (Å²) in [5.74, 6) is 0. The number of rotatable bonds is 4. The summed E-state index contributed by atoms with van der Waals surface area (Å²) in [5, 5.41) is 0. The first-order valence-corrected chi connectivity index (χ1v) is 6.13. The molecular weight excluding hydrogens is 214 g/mol. The molecule has 1 heterocycles. The van der Waals surface area contributed by atoms with Crippen LogP contribution in [0.2, 0.25) is 0 Å². The first-order chi connectivity index (χ1) is 8.26. The lowest BCUT2D eigenvalue weighted by molar-refractivity contribution is -0.120. The van der Waals surface area contributed by atoms with Crippen molar-refractivity contribution in [3.63, 3.8) is 0 Å². The lowest BCUT2D eigenvalue weighted by Crippen LogP contribution is -2.40. The third-order valence-corrected chi connectivity index (χ3v) is 3.63. The Morgan fingerprint density at radius 1 is 1.29 bits per heavy atom. The average molecular weight is 235 g/mol. The van der Waals surface area contributed by atoms with Gasteiger partial charge in [-0.05, 0) is 24.5 Å². The molecule has 0 saturated heterocycles. The van der Waals surface area contributed by atoms with Crippen LogP contribution in [0.25, 0.3) is 0 Å². The van der Waals surface area contributed by atoms with Crippen LogP contribution in [0.4, 0.5) is 0 Å². The summed E-state index contributed by atoms with van der Waals surface area (Å²) >= 11 is 0. The summed E-state index contributed by atoms with van der Waals surface area (Å²) in [4.78, 5) is 2.42. The molecule has 1 aromatic rings. The molecule has 0 spiro atoms. The van der Waals surface area contributed by atoms with Crippen molar-refractivity contribution in [1.29, 1.82) is 0 Å². The van der Waals surface area contributed by atoms with E-state index < -0.39 is 0 Å². The zero-order valence-corrected chi connectivity index (χ0v) is 10.8. The van der Waals surface area contributed by atoms with Gasteiger partial charge in [-0.15, -0.1) is 0 Å². The number of hydrogen-bond acceptors (Lipinski definition) is 3. The third-order valence-electron chi connectivity index (χ3n) is 3.63. The van der Waals surface area contributed by atoms with Gasteiger partial charge >= 0.3 is 0 Å². The van der Waals surface area contributed by atoms with Crippen molar-refractivity contribution in [3.05, 3.63) is 35.4 Å². The Morgan fingerprint density at radius 2 is 2.00 bits per heavy atom. The second-order valence-electron chi connectivity index (χ2n) is 4.52. The minimum absolute atomic E-state index is 0.136. The molecule has 1 aromatic carbocycles. The van der Waals surface area contributed by atoms with Gasteiger partial charge in [0.15, 0.2) is 6.29 Å². The molecule has 0 radical (unpaired) electrons. The van der Waals surface area contributed by atoms with Crippen LogP contribution in [0.1, 0.15) is 24.1 Å². The highest BCUT2D eigenvalue weighted by atomic mass is 16.7. The van der Waals surface area contributed by atoms with E-state index in [0.29, 0.717) is 6.04 Å². The van der Waals surface area contributed by atoms with Gasteiger partial charge < -0.3 is 9.47 Å². The van der Waals surface area contributed by atoms with Gasteiger partial charge in [0.25, 0.3) is 0 Å². The molecule has 0 aromatic heterocycles.